The lowest BCUT2D eigenvalue weighted by Gasteiger charge is -2.00. The van der Waals surface area contributed by atoms with Gasteiger partial charge in [0, 0.05) is 11.8 Å². The van der Waals surface area contributed by atoms with Crippen molar-refractivity contribution in [3.05, 3.63) is 47.4 Å². The maximum Gasteiger partial charge on any atom is 0.141 e. The number of benzene rings is 1. The first-order chi connectivity index (χ1) is 6.77. The molecule has 1 heterocycles. The molecule has 2 nitrogen and oxygen atoms in total. The van der Waals surface area contributed by atoms with Gasteiger partial charge in [-0.05, 0) is 30.3 Å². The molecule has 0 aliphatic carbocycles. The Labute approximate surface area is 85.4 Å². The van der Waals surface area contributed by atoms with Gasteiger partial charge in [0.2, 0.25) is 0 Å². The molecule has 0 fully saturated rings. The van der Waals surface area contributed by atoms with Crippen molar-refractivity contribution in [3.63, 3.8) is 0 Å². The van der Waals surface area contributed by atoms with Crippen LogP contribution in [0.3, 0.4) is 0 Å². The fourth-order valence-electron chi connectivity index (χ4n) is 1.11. The predicted molar refractivity (Wildman–Crippen MR) is 52.4 cm³/mol. The molecule has 0 saturated heterocycles. The molecule has 4 heteroatoms. The molecule has 0 amide bonds. The Balaban J connectivity index is 2.48. The first kappa shape index (κ1) is 9.09. The van der Waals surface area contributed by atoms with E-state index in [2.05, 4.69) is 10.2 Å². The van der Waals surface area contributed by atoms with E-state index in [4.69, 9.17) is 11.6 Å². The first-order valence-electron chi connectivity index (χ1n) is 4.00. The lowest BCUT2D eigenvalue weighted by molar-refractivity contribution is 0.628. The molecule has 2 aromatic rings. The summed E-state index contributed by atoms with van der Waals surface area (Å²) >= 11 is 5.64. The minimum Gasteiger partial charge on any atom is -0.205 e. The van der Waals surface area contributed by atoms with Crippen LogP contribution in [-0.4, -0.2) is 10.2 Å². The van der Waals surface area contributed by atoms with E-state index in [-0.39, 0.29) is 5.02 Å². The lowest BCUT2D eigenvalue weighted by Crippen LogP contribution is -1.86. The molecular weight excluding hydrogens is 203 g/mol. The SMILES string of the molecule is Fc1ccc(-c2cccnn2)cc1Cl. The van der Waals surface area contributed by atoms with Crippen LogP contribution in [0.25, 0.3) is 11.3 Å². The van der Waals surface area contributed by atoms with Crippen LogP contribution < -0.4 is 0 Å². The fourth-order valence-corrected chi connectivity index (χ4v) is 1.29. The van der Waals surface area contributed by atoms with Crippen LogP contribution in [-0.2, 0) is 0 Å². The molecule has 1 aromatic heterocycles. The highest BCUT2D eigenvalue weighted by molar-refractivity contribution is 6.31. The van der Waals surface area contributed by atoms with E-state index in [0.29, 0.717) is 5.69 Å². The number of hydrogen-bond donors (Lipinski definition) is 0. The third-order valence-corrected chi connectivity index (χ3v) is 2.08. The second-order valence-corrected chi connectivity index (χ2v) is 3.14. The van der Waals surface area contributed by atoms with E-state index >= 15 is 0 Å². The molecule has 0 spiro atoms. The van der Waals surface area contributed by atoms with Gasteiger partial charge in [-0.2, -0.15) is 10.2 Å². The summed E-state index contributed by atoms with van der Waals surface area (Å²) in [7, 11) is 0. The van der Waals surface area contributed by atoms with Gasteiger partial charge in [0.15, 0.2) is 0 Å². The molecule has 1 aromatic carbocycles. The molecule has 0 aliphatic heterocycles. The molecular formula is C10H6ClFN2. The van der Waals surface area contributed by atoms with Crippen LogP contribution in [0, 0.1) is 5.82 Å². The summed E-state index contributed by atoms with van der Waals surface area (Å²) in [4.78, 5) is 0. The Kier molecular flexibility index (Phi) is 2.41. The molecule has 0 bridgehead atoms. The Bertz CT molecular complexity index is 445. The van der Waals surface area contributed by atoms with Crippen LogP contribution in [0.15, 0.2) is 36.5 Å². The van der Waals surface area contributed by atoms with Crippen LogP contribution in [0.5, 0.6) is 0 Å². The zero-order chi connectivity index (χ0) is 9.97. The molecule has 0 saturated carbocycles. The second kappa shape index (κ2) is 3.72. The van der Waals surface area contributed by atoms with Gasteiger partial charge < -0.3 is 0 Å². The highest BCUT2D eigenvalue weighted by Gasteiger charge is 2.03. The van der Waals surface area contributed by atoms with E-state index in [9.17, 15) is 4.39 Å². The van der Waals surface area contributed by atoms with Crippen molar-refractivity contribution in [2.24, 2.45) is 0 Å². The molecule has 2 rings (SSSR count). The number of hydrogen-bond acceptors (Lipinski definition) is 2. The monoisotopic (exact) mass is 208 g/mol. The lowest BCUT2D eigenvalue weighted by atomic mass is 10.1. The molecule has 70 valence electrons. The van der Waals surface area contributed by atoms with E-state index < -0.39 is 5.82 Å². The molecule has 0 radical (unpaired) electrons. The zero-order valence-corrected chi connectivity index (χ0v) is 7.87. The predicted octanol–water partition coefficient (Wildman–Crippen LogP) is 2.94. The third-order valence-electron chi connectivity index (χ3n) is 1.79. The van der Waals surface area contributed by atoms with Gasteiger partial charge >= 0.3 is 0 Å². The van der Waals surface area contributed by atoms with Crippen molar-refractivity contribution < 1.29 is 4.39 Å². The Hall–Kier alpha value is -1.48. The summed E-state index contributed by atoms with van der Waals surface area (Å²) in [5.41, 5.74) is 1.43. The number of rotatable bonds is 1. The van der Waals surface area contributed by atoms with Gasteiger partial charge in [-0.1, -0.05) is 11.6 Å². The van der Waals surface area contributed by atoms with Gasteiger partial charge in [-0.25, -0.2) is 4.39 Å². The molecule has 14 heavy (non-hydrogen) atoms. The van der Waals surface area contributed by atoms with Gasteiger partial charge in [0.1, 0.15) is 5.82 Å². The maximum atomic E-state index is 12.8. The summed E-state index contributed by atoms with van der Waals surface area (Å²) in [5.74, 6) is -0.431. The summed E-state index contributed by atoms with van der Waals surface area (Å²) < 4.78 is 12.8. The van der Waals surface area contributed by atoms with E-state index in [1.807, 2.05) is 0 Å². The van der Waals surface area contributed by atoms with Gasteiger partial charge in [-0.3, -0.25) is 0 Å². The molecule has 0 atom stereocenters. The highest BCUT2D eigenvalue weighted by Crippen LogP contribution is 2.22. The fraction of sp³-hybridized carbons (Fsp3) is 0. The van der Waals surface area contributed by atoms with E-state index in [1.54, 1.807) is 24.4 Å². The average Bonchev–Trinajstić information content (AvgIpc) is 2.23. The van der Waals surface area contributed by atoms with Crippen molar-refractivity contribution >= 4 is 11.6 Å². The Morgan fingerprint density at radius 2 is 2.07 bits per heavy atom. The topological polar surface area (TPSA) is 25.8 Å². The van der Waals surface area contributed by atoms with E-state index in [0.717, 1.165) is 5.56 Å². The first-order valence-corrected chi connectivity index (χ1v) is 4.38. The Morgan fingerprint density at radius 1 is 1.21 bits per heavy atom. The Morgan fingerprint density at radius 3 is 2.71 bits per heavy atom. The smallest absolute Gasteiger partial charge is 0.141 e. The minimum absolute atomic E-state index is 0.0909. The number of halogens is 2. The van der Waals surface area contributed by atoms with Gasteiger partial charge in [0.05, 0.1) is 10.7 Å². The third kappa shape index (κ3) is 1.72. The van der Waals surface area contributed by atoms with Crippen molar-refractivity contribution in [2.45, 2.75) is 0 Å². The van der Waals surface area contributed by atoms with Crippen molar-refractivity contribution in [1.29, 1.82) is 0 Å². The molecule has 0 N–H and O–H groups in total. The van der Waals surface area contributed by atoms with E-state index in [1.165, 1.54) is 12.1 Å². The molecule has 0 unspecified atom stereocenters. The summed E-state index contributed by atoms with van der Waals surface area (Å²) in [5, 5.41) is 7.71. The highest BCUT2D eigenvalue weighted by atomic mass is 35.5. The van der Waals surface area contributed by atoms with Crippen LogP contribution in [0.1, 0.15) is 0 Å². The average molecular weight is 209 g/mol. The summed E-state index contributed by atoms with van der Waals surface area (Å²) in [6.45, 7) is 0. The van der Waals surface area contributed by atoms with Crippen molar-refractivity contribution in [3.8, 4) is 11.3 Å². The quantitative estimate of drug-likeness (QED) is 0.720. The van der Waals surface area contributed by atoms with Gasteiger partial charge in [0.25, 0.3) is 0 Å². The largest absolute Gasteiger partial charge is 0.205 e. The normalized spacial score (nSPS) is 10.1. The van der Waals surface area contributed by atoms with Gasteiger partial charge in [-0.15, -0.1) is 0 Å². The minimum atomic E-state index is -0.431. The second-order valence-electron chi connectivity index (χ2n) is 2.74. The molecule has 0 aliphatic rings. The van der Waals surface area contributed by atoms with Crippen LogP contribution >= 0.6 is 11.6 Å². The maximum absolute atomic E-state index is 12.8. The standard InChI is InChI=1S/C10H6ClFN2/c11-8-6-7(3-4-9(8)12)10-2-1-5-13-14-10/h1-6H. The van der Waals surface area contributed by atoms with Crippen molar-refractivity contribution in [1.82, 2.24) is 10.2 Å². The van der Waals surface area contributed by atoms with Crippen LogP contribution in [0.2, 0.25) is 5.02 Å². The number of nitrogens with zero attached hydrogens (tertiary/aromatic N) is 2. The van der Waals surface area contributed by atoms with Crippen LogP contribution in [0.4, 0.5) is 4.39 Å². The zero-order valence-electron chi connectivity index (χ0n) is 7.11. The van der Waals surface area contributed by atoms with Crippen molar-refractivity contribution in [2.75, 3.05) is 0 Å². The summed E-state index contributed by atoms with van der Waals surface area (Å²) in [6.07, 6.45) is 1.58. The number of aromatic nitrogens is 2. The summed E-state index contributed by atoms with van der Waals surface area (Å²) in [6, 6.07) is 8.01.